The number of anilines is 2. The summed E-state index contributed by atoms with van der Waals surface area (Å²) in [5.41, 5.74) is 0.374. The van der Waals surface area contributed by atoms with E-state index in [9.17, 15) is 8.78 Å². The first-order valence-corrected chi connectivity index (χ1v) is 12.4. The number of halogens is 2. The molecule has 1 N–H and O–H groups in total. The third-order valence-electron chi connectivity index (χ3n) is 6.36. The summed E-state index contributed by atoms with van der Waals surface area (Å²) in [6.07, 6.45) is 2.80. The van der Waals surface area contributed by atoms with E-state index in [1.54, 1.807) is 13.2 Å². The molecule has 0 spiro atoms. The molecule has 0 aliphatic carbocycles. The third-order valence-corrected chi connectivity index (χ3v) is 6.36. The molecule has 2 heterocycles. The minimum absolute atomic E-state index is 0.148. The van der Waals surface area contributed by atoms with E-state index >= 15 is 0 Å². The Labute approximate surface area is 226 Å². The smallest absolute Gasteiger partial charge is 0.227 e. The molecular formula is C27H33F2N5O5. The van der Waals surface area contributed by atoms with Crippen molar-refractivity contribution in [1.82, 2.24) is 19.8 Å². The molecule has 3 aromatic rings. The summed E-state index contributed by atoms with van der Waals surface area (Å²) in [6.45, 7) is 5.10. The molecule has 1 fully saturated rings. The van der Waals surface area contributed by atoms with Crippen LogP contribution in [0.2, 0.25) is 0 Å². The van der Waals surface area contributed by atoms with Crippen molar-refractivity contribution < 1.29 is 32.5 Å². The van der Waals surface area contributed by atoms with Crippen LogP contribution in [0.4, 0.5) is 20.4 Å². The van der Waals surface area contributed by atoms with Crippen molar-refractivity contribution in [2.45, 2.75) is 6.61 Å². The molecule has 4 rings (SSSR count). The molecule has 1 aromatic heterocycles. The second-order valence-corrected chi connectivity index (χ2v) is 8.90. The molecule has 39 heavy (non-hydrogen) atoms. The Kier molecular flexibility index (Phi) is 9.55. The van der Waals surface area contributed by atoms with Crippen LogP contribution in [0.3, 0.4) is 0 Å². The summed E-state index contributed by atoms with van der Waals surface area (Å²) in [5, 5.41) is 3.11. The van der Waals surface area contributed by atoms with Crippen LogP contribution in [-0.2, 0) is 6.61 Å². The number of ether oxygens (including phenoxy) is 5. The summed E-state index contributed by atoms with van der Waals surface area (Å²) < 4.78 is 56.0. The summed E-state index contributed by atoms with van der Waals surface area (Å²) in [6, 6.07) is 6.58. The van der Waals surface area contributed by atoms with Gasteiger partial charge < -0.3 is 33.9 Å². The van der Waals surface area contributed by atoms with Gasteiger partial charge in [-0.1, -0.05) is 0 Å². The average molecular weight is 546 g/mol. The highest BCUT2D eigenvalue weighted by Crippen LogP contribution is 2.33. The van der Waals surface area contributed by atoms with Crippen LogP contribution in [-0.4, -0.2) is 87.5 Å². The number of likely N-dealkylation sites (N-methyl/N-ethyl adjacent to an activating group) is 1. The van der Waals surface area contributed by atoms with Crippen LogP contribution in [0.5, 0.6) is 28.7 Å². The zero-order valence-corrected chi connectivity index (χ0v) is 22.5. The summed E-state index contributed by atoms with van der Waals surface area (Å²) >= 11 is 0. The summed E-state index contributed by atoms with van der Waals surface area (Å²) in [5.74, 6) is -0.270. The highest BCUT2D eigenvalue weighted by molar-refractivity contribution is 5.59. The van der Waals surface area contributed by atoms with Crippen LogP contribution < -0.4 is 29.0 Å². The third kappa shape index (κ3) is 7.15. The lowest BCUT2D eigenvalue weighted by molar-refractivity contribution is 0.133. The van der Waals surface area contributed by atoms with E-state index in [4.69, 9.17) is 23.7 Å². The topological polar surface area (TPSA) is 90.4 Å². The van der Waals surface area contributed by atoms with Gasteiger partial charge >= 0.3 is 0 Å². The molecule has 12 heteroatoms. The fourth-order valence-electron chi connectivity index (χ4n) is 4.03. The van der Waals surface area contributed by atoms with Gasteiger partial charge in [0.05, 0.1) is 39.3 Å². The first kappa shape index (κ1) is 28.1. The molecule has 210 valence electrons. The number of hydrogen-bond donors (Lipinski definition) is 1. The van der Waals surface area contributed by atoms with Crippen molar-refractivity contribution in [1.29, 1.82) is 0 Å². The maximum Gasteiger partial charge on any atom is 0.227 e. The average Bonchev–Trinajstić information content (AvgIpc) is 2.95. The van der Waals surface area contributed by atoms with Crippen molar-refractivity contribution in [3.63, 3.8) is 0 Å². The van der Waals surface area contributed by atoms with Gasteiger partial charge in [-0.15, -0.1) is 0 Å². The van der Waals surface area contributed by atoms with E-state index < -0.39 is 18.2 Å². The molecule has 0 radical (unpaired) electrons. The molecule has 1 aliphatic rings. The Morgan fingerprint density at radius 3 is 2.08 bits per heavy atom. The lowest BCUT2D eigenvalue weighted by Crippen LogP contribution is -2.45. The maximum absolute atomic E-state index is 14.6. The molecule has 1 aliphatic heterocycles. The van der Waals surface area contributed by atoms with Gasteiger partial charge in [0.25, 0.3) is 0 Å². The van der Waals surface area contributed by atoms with Gasteiger partial charge in [-0.2, -0.15) is 0 Å². The molecule has 0 unspecified atom stereocenters. The van der Waals surface area contributed by atoms with E-state index in [1.807, 2.05) is 12.1 Å². The van der Waals surface area contributed by atoms with Crippen LogP contribution in [0.15, 0.2) is 36.7 Å². The standard InChI is InChI=1S/C27H33F2N5O5/c1-33-7-9-34(10-8-33)11-12-38-22-13-18(5-6-21(22)35-2)32-27-30-15-19(16-31-27)39-17-20-25(28)23(36-3)14-24(37-4)26(20)29/h5-6,13-16H,7-12,17H2,1-4H3,(H,30,31,32). The van der Waals surface area contributed by atoms with Crippen LogP contribution in [0.1, 0.15) is 5.56 Å². The molecule has 10 nitrogen and oxygen atoms in total. The first-order chi connectivity index (χ1) is 18.9. The predicted octanol–water partition coefficient (Wildman–Crippen LogP) is 3.73. The number of methoxy groups -OCH3 is 3. The molecule has 0 saturated carbocycles. The van der Waals surface area contributed by atoms with Crippen molar-refractivity contribution in [2.24, 2.45) is 0 Å². The van der Waals surface area contributed by atoms with Gasteiger partial charge in [0.2, 0.25) is 5.95 Å². The number of nitrogens with zero attached hydrogens (tertiary/aromatic N) is 4. The number of hydrogen-bond acceptors (Lipinski definition) is 10. The van der Waals surface area contributed by atoms with Crippen LogP contribution in [0, 0.1) is 11.6 Å². The van der Waals surface area contributed by atoms with Gasteiger partial charge in [0.15, 0.2) is 40.4 Å². The monoisotopic (exact) mass is 545 g/mol. The van der Waals surface area contributed by atoms with Gasteiger partial charge in [0, 0.05) is 50.5 Å². The number of benzene rings is 2. The zero-order chi connectivity index (χ0) is 27.8. The molecule has 1 saturated heterocycles. The second kappa shape index (κ2) is 13.3. The van der Waals surface area contributed by atoms with Gasteiger partial charge in [0.1, 0.15) is 13.2 Å². The van der Waals surface area contributed by atoms with E-state index in [0.29, 0.717) is 29.7 Å². The normalized spacial score (nSPS) is 14.1. The molecule has 0 atom stereocenters. The second-order valence-electron chi connectivity index (χ2n) is 8.90. The van der Waals surface area contributed by atoms with E-state index in [2.05, 4.69) is 32.1 Å². The Morgan fingerprint density at radius 2 is 1.46 bits per heavy atom. The van der Waals surface area contributed by atoms with E-state index in [1.165, 1.54) is 26.6 Å². The molecular weight excluding hydrogens is 512 g/mol. The highest BCUT2D eigenvalue weighted by Gasteiger charge is 2.21. The fraction of sp³-hybridized carbons (Fsp3) is 0.407. The molecule has 0 bridgehead atoms. The maximum atomic E-state index is 14.6. The number of piperazine rings is 1. The Morgan fingerprint density at radius 1 is 0.821 bits per heavy atom. The number of nitrogens with one attached hydrogen (secondary N) is 1. The largest absolute Gasteiger partial charge is 0.494 e. The minimum atomic E-state index is -0.865. The van der Waals surface area contributed by atoms with Crippen molar-refractivity contribution in [3.05, 3.63) is 53.9 Å². The lowest BCUT2D eigenvalue weighted by atomic mass is 10.1. The lowest BCUT2D eigenvalue weighted by Gasteiger charge is -2.32. The SMILES string of the molecule is COc1ccc(Nc2ncc(OCc3c(F)c(OC)cc(OC)c3F)cn2)cc1OCCN1CCN(C)CC1. The minimum Gasteiger partial charge on any atom is -0.494 e. The molecule has 2 aromatic carbocycles. The van der Waals surface area contributed by atoms with Crippen molar-refractivity contribution in [3.8, 4) is 28.7 Å². The predicted molar refractivity (Wildman–Crippen MR) is 142 cm³/mol. The van der Waals surface area contributed by atoms with Gasteiger partial charge in [-0.3, -0.25) is 4.90 Å². The summed E-state index contributed by atoms with van der Waals surface area (Å²) in [4.78, 5) is 13.2. The Bertz CT molecular complexity index is 1210. The van der Waals surface area contributed by atoms with Crippen molar-refractivity contribution in [2.75, 3.05) is 73.0 Å². The highest BCUT2D eigenvalue weighted by atomic mass is 19.1. The number of rotatable bonds is 12. The fourth-order valence-corrected chi connectivity index (χ4v) is 4.03. The van der Waals surface area contributed by atoms with Crippen LogP contribution in [0.25, 0.3) is 0 Å². The Hall–Kier alpha value is -3.90. The first-order valence-electron chi connectivity index (χ1n) is 12.4. The van der Waals surface area contributed by atoms with Crippen LogP contribution >= 0.6 is 0 Å². The summed E-state index contributed by atoms with van der Waals surface area (Å²) in [7, 11) is 6.29. The number of aromatic nitrogens is 2. The quantitative estimate of drug-likeness (QED) is 0.363. The zero-order valence-electron chi connectivity index (χ0n) is 22.5. The van der Waals surface area contributed by atoms with Crippen molar-refractivity contribution >= 4 is 11.6 Å². The van der Waals surface area contributed by atoms with Gasteiger partial charge in [-0.25, -0.2) is 18.7 Å². The van der Waals surface area contributed by atoms with E-state index in [0.717, 1.165) is 38.8 Å². The van der Waals surface area contributed by atoms with E-state index in [-0.39, 0.29) is 22.8 Å². The van der Waals surface area contributed by atoms with Gasteiger partial charge in [-0.05, 0) is 19.2 Å². The Balaban J connectivity index is 1.36. The molecule has 0 amide bonds.